The number of nitrogens with two attached hydrogens (primary N) is 1. The summed E-state index contributed by atoms with van der Waals surface area (Å²) in [5, 5.41) is 0. The van der Waals surface area contributed by atoms with Crippen LogP contribution in [0.2, 0.25) is 0 Å². The number of benzene rings is 1. The molecule has 4 N–H and O–H groups in total. The molecule has 2 rings (SSSR count). The standard InChI is InChI=1S/C13H20FN3O4S2/c1-22(18,19)16-12-5-4-10(8-11(12)14)23(20,21)17-13(9-15)6-2-3-7-13/h4-5,8,16-17H,2-3,6-7,9,15H2,1H3. The van der Waals surface area contributed by atoms with Crippen molar-refractivity contribution in [2.75, 3.05) is 17.5 Å². The van der Waals surface area contributed by atoms with Gasteiger partial charge in [0.15, 0.2) is 0 Å². The summed E-state index contributed by atoms with van der Waals surface area (Å²) in [5.74, 6) is -0.966. The molecule has 23 heavy (non-hydrogen) atoms. The average molecular weight is 365 g/mol. The number of halogens is 1. The predicted molar refractivity (Wildman–Crippen MR) is 85.4 cm³/mol. The Labute approximate surface area is 135 Å². The molecule has 1 saturated carbocycles. The van der Waals surface area contributed by atoms with Crippen molar-refractivity contribution in [1.29, 1.82) is 0 Å². The van der Waals surface area contributed by atoms with Gasteiger partial charge >= 0.3 is 0 Å². The molecule has 130 valence electrons. The Balaban J connectivity index is 2.28. The van der Waals surface area contributed by atoms with Gasteiger partial charge in [-0.05, 0) is 31.0 Å². The SMILES string of the molecule is CS(=O)(=O)Nc1ccc(S(=O)(=O)NC2(CN)CCCC2)cc1F. The van der Waals surface area contributed by atoms with E-state index in [1.54, 1.807) is 0 Å². The monoisotopic (exact) mass is 365 g/mol. The van der Waals surface area contributed by atoms with Crippen molar-refractivity contribution in [2.24, 2.45) is 5.73 Å². The third kappa shape index (κ3) is 4.40. The lowest BCUT2D eigenvalue weighted by Gasteiger charge is -2.28. The second kappa shape index (κ2) is 6.34. The zero-order valence-electron chi connectivity index (χ0n) is 12.7. The molecular formula is C13H20FN3O4S2. The van der Waals surface area contributed by atoms with Crippen LogP contribution in [-0.4, -0.2) is 35.2 Å². The largest absolute Gasteiger partial charge is 0.329 e. The van der Waals surface area contributed by atoms with Gasteiger partial charge in [-0.15, -0.1) is 0 Å². The lowest BCUT2D eigenvalue weighted by atomic mass is 10.0. The lowest BCUT2D eigenvalue weighted by molar-refractivity contribution is 0.399. The molecule has 1 aromatic carbocycles. The highest BCUT2D eigenvalue weighted by molar-refractivity contribution is 7.92. The molecular weight excluding hydrogens is 345 g/mol. The van der Waals surface area contributed by atoms with Crippen molar-refractivity contribution in [3.8, 4) is 0 Å². The number of rotatable bonds is 6. The van der Waals surface area contributed by atoms with Crippen molar-refractivity contribution in [3.63, 3.8) is 0 Å². The molecule has 1 aromatic rings. The van der Waals surface area contributed by atoms with E-state index in [4.69, 9.17) is 5.73 Å². The Hall–Kier alpha value is -1.23. The Morgan fingerprint density at radius 3 is 2.30 bits per heavy atom. The molecule has 0 unspecified atom stereocenters. The average Bonchev–Trinajstić information content (AvgIpc) is 2.88. The molecule has 0 radical (unpaired) electrons. The van der Waals surface area contributed by atoms with Crippen molar-refractivity contribution in [3.05, 3.63) is 24.0 Å². The van der Waals surface area contributed by atoms with E-state index >= 15 is 0 Å². The second-order valence-electron chi connectivity index (χ2n) is 5.81. The highest BCUT2D eigenvalue weighted by atomic mass is 32.2. The Bertz CT molecular complexity index is 787. The maximum absolute atomic E-state index is 14.0. The summed E-state index contributed by atoms with van der Waals surface area (Å²) in [4.78, 5) is -0.270. The normalized spacial score (nSPS) is 18.0. The molecule has 1 aliphatic rings. The molecule has 0 saturated heterocycles. The van der Waals surface area contributed by atoms with Crippen LogP contribution in [0.3, 0.4) is 0 Å². The Morgan fingerprint density at radius 2 is 1.83 bits per heavy atom. The van der Waals surface area contributed by atoms with Crippen LogP contribution in [0.5, 0.6) is 0 Å². The fourth-order valence-corrected chi connectivity index (χ4v) is 4.74. The van der Waals surface area contributed by atoms with E-state index in [1.807, 2.05) is 4.72 Å². The van der Waals surface area contributed by atoms with E-state index in [2.05, 4.69) is 4.72 Å². The number of nitrogens with one attached hydrogen (secondary N) is 2. The van der Waals surface area contributed by atoms with E-state index in [-0.39, 0.29) is 17.1 Å². The number of hydrogen-bond donors (Lipinski definition) is 3. The minimum absolute atomic E-state index is 0.169. The summed E-state index contributed by atoms with van der Waals surface area (Å²) in [6, 6.07) is 3.02. The number of hydrogen-bond acceptors (Lipinski definition) is 5. The summed E-state index contributed by atoms with van der Waals surface area (Å²) < 4.78 is 65.6. The highest BCUT2D eigenvalue weighted by Gasteiger charge is 2.37. The smallest absolute Gasteiger partial charge is 0.241 e. The molecule has 0 heterocycles. The predicted octanol–water partition coefficient (Wildman–Crippen LogP) is 0.747. The van der Waals surface area contributed by atoms with Crippen molar-refractivity contribution in [2.45, 2.75) is 36.1 Å². The van der Waals surface area contributed by atoms with Gasteiger partial charge in [-0.1, -0.05) is 12.8 Å². The quantitative estimate of drug-likeness (QED) is 0.687. The third-order valence-corrected chi connectivity index (χ3v) is 6.02. The van der Waals surface area contributed by atoms with Crippen LogP contribution in [0.25, 0.3) is 0 Å². The first kappa shape index (κ1) is 18.1. The van der Waals surface area contributed by atoms with Crippen LogP contribution in [0.4, 0.5) is 10.1 Å². The molecule has 0 atom stereocenters. The Morgan fingerprint density at radius 1 is 1.22 bits per heavy atom. The summed E-state index contributed by atoms with van der Waals surface area (Å²) in [6.07, 6.45) is 3.91. The maximum Gasteiger partial charge on any atom is 0.241 e. The summed E-state index contributed by atoms with van der Waals surface area (Å²) in [6.45, 7) is 0.169. The zero-order valence-corrected chi connectivity index (χ0v) is 14.3. The molecule has 10 heteroatoms. The van der Waals surface area contributed by atoms with Gasteiger partial charge in [0.1, 0.15) is 5.82 Å². The van der Waals surface area contributed by atoms with Gasteiger partial charge in [-0.3, -0.25) is 4.72 Å². The van der Waals surface area contributed by atoms with Crippen molar-refractivity contribution < 1.29 is 21.2 Å². The van der Waals surface area contributed by atoms with Crippen LogP contribution in [-0.2, 0) is 20.0 Å². The highest BCUT2D eigenvalue weighted by Crippen LogP contribution is 2.30. The topological polar surface area (TPSA) is 118 Å². The van der Waals surface area contributed by atoms with E-state index in [1.165, 1.54) is 0 Å². The van der Waals surface area contributed by atoms with Crippen LogP contribution in [0.15, 0.2) is 23.1 Å². The van der Waals surface area contributed by atoms with Gasteiger partial charge in [0.2, 0.25) is 20.0 Å². The molecule has 0 aliphatic heterocycles. The maximum atomic E-state index is 14.0. The van der Waals surface area contributed by atoms with Crippen molar-refractivity contribution in [1.82, 2.24) is 4.72 Å². The molecule has 0 bridgehead atoms. The molecule has 0 aromatic heterocycles. The first-order chi connectivity index (χ1) is 10.6. The van der Waals surface area contributed by atoms with Crippen LogP contribution >= 0.6 is 0 Å². The van der Waals surface area contributed by atoms with Gasteiger partial charge in [-0.25, -0.2) is 25.9 Å². The molecule has 1 aliphatic carbocycles. The number of anilines is 1. The first-order valence-corrected chi connectivity index (χ1v) is 10.5. The fourth-order valence-electron chi connectivity index (χ4n) is 2.69. The minimum atomic E-state index is -3.94. The van der Waals surface area contributed by atoms with E-state index < -0.39 is 31.4 Å². The van der Waals surface area contributed by atoms with E-state index in [9.17, 15) is 21.2 Å². The van der Waals surface area contributed by atoms with Gasteiger partial charge in [0.05, 0.1) is 16.8 Å². The lowest BCUT2D eigenvalue weighted by Crippen LogP contribution is -2.51. The van der Waals surface area contributed by atoms with E-state index in [0.717, 1.165) is 37.3 Å². The van der Waals surface area contributed by atoms with Gasteiger partial charge in [0.25, 0.3) is 0 Å². The molecule has 0 spiro atoms. The van der Waals surface area contributed by atoms with Crippen LogP contribution < -0.4 is 15.2 Å². The molecule has 0 amide bonds. The minimum Gasteiger partial charge on any atom is -0.329 e. The van der Waals surface area contributed by atoms with Gasteiger partial charge < -0.3 is 5.73 Å². The van der Waals surface area contributed by atoms with Crippen molar-refractivity contribution >= 4 is 25.7 Å². The fraction of sp³-hybridized carbons (Fsp3) is 0.538. The molecule has 7 nitrogen and oxygen atoms in total. The first-order valence-electron chi connectivity index (χ1n) is 7.08. The van der Waals surface area contributed by atoms with Gasteiger partial charge in [-0.2, -0.15) is 0 Å². The zero-order chi connectivity index (χ0) is 17.3. The summed E-state index contributed by atoms with van der Waals surface area (Å²) in [7, 11) is -7.60. The Kier molecular flexibility index (Phi) is 5.00. The summed E-state index contributed by atoms with van der Waals surface area (Å²) >= 11 is 0. The molecule has 1 fully saturated rings. The van der Waals surface area contributed by atoms with Crippen LogP contribution in [0, 0.1) is 5.82 Å². The third-order valence-electron chi connectivity index (χ3n) is 3.85. The summed E-state index contributed by atoms with van der Waals surface area (Å²) in [5.41, 5.74) is 4.70. The van der Waals surface area contributed by atoms with E-state index in [0.29, 0.717) is 12.8 Å². The van der Waals surface area contributed by atoms with Gasteiger partial charge in [0, 0.05) is 12.1 Å². The number of sulfonamides is 2. The van der Waals surface area contributed by atoms with Crippen LogP contribution in [0.1, 0.15) is 25.7 Å². The second-order valence-corrected chi connectivity index (χ2v) is 9.24.